The second-order valence-corrected chi connectivity index (χ2v) is 6.68. The van der Waals surface area contributed by atoms with Crippen molar-refractivity contribution in [2.24, 2.45) is 0 Å². The molecule has 3 aromatic rings. The molecule has 0 aliphatic heterocycles. The van der Waals surface area contributed by atoms with Crippen LogP contribution in [0.15, 0.2) is 34.9 Å². The molecule has 0 saturated heterocycles. The molecule has 0 aliphatic carbocycles. The molecule has 1 amide bonds. The Labute approximate surface area is 164 Å². The summed E-state index contributed by atoms with van der Waals surface area (Å²) in [5.41, 5.74) is 4.42. The van der Waals surface area contributed by atoms with Crippen LogP contribution in [0.2, 0.25) is 0 Å². The lowest BCUT2D eigenvalue weighted by Crippen LogP contribution is -2.14. The van der Waals surface area contributed by atoms with Crippen molar-refractivity contribution in [1.29, 1.82) is 0 Å². The maximum absolute atomic E-state index is 12.3. The maximum Gasteiger partial charge on any atom is 0.226 e. The van der Waals surface area contributed by atoms with E-state index < -0.39 is 0 Å². The van der Waals surface area contributed by atoms with Crippen LogP contribution in [0, 0.1) is 20.8 Å². The monoisotopic (exact) mass is 380 g/mol. The minimum absolute atomic E-state index is 0.0493. The number of hydrogen-bond acceptors (Lipinski definition) is 6. The van der Waals surface area contributed by atoms with E-state index in [4.69, 9.17) is 9.26 Å². The van der Waals surface area contributed by atoms with Gasteiger partial charge in [-0.1, -0.05) is 5.16 Å². The lowest BCUT2D eigenvalue weighted by Gasteiger charge is -2.11. The highest BCUT2D eigenvalue weighted by Gasteiger charge is 2.12. The summed E-state index contributed by atoms with van der Waals surface area (Å²) in [6.45, 7) is 5.81. The van der Waals surface area contributed by atoms with E-state index in [1.165, 1.54) is 0 Å². The average molecular weight is 380 g/mol. The van der Waals surface area contributed by atoms with Crippen molar-refractivity contribution in [3.05, 3.63) is 53.2 Å². The van der Waals surface area contributed by atoms with Gasteiger partial charge in [0.2, 0.25) is 17.6 Å². The zero-order valence-corrected chi connectivity index (χ0v) is 16.6. The Hall–Kier alpha value is -3.22. The molecule has 2 heterocycles. The van der Waals surface area contributed by atoms with E-state index in [0.717, 1.165) is 34.0 Å². The smallest absolute Gasteiger partial charge is 0.226 e. The molecule has 0 radical (unpaired) electrons. The van der Waals surface area contributed by atoms with Gasteiger partial charge in [0, 0.05) is 24.1 Å². The highest BCUT2D eigenvalue weighted by Crippen LogP contribution is 2.21. The number of nitrogens with one attached hydrogen (secondary N) is 1. The normalized spacial score (nSPS) is 10.7. The summed E-state index contributed by atoms with van der Waals surface area (Å²) in [7, 11) is 1.62. The molecule has 7 heteroatoms. The predicted molar refractivity (Wildman–Crippen MR) is 106 cm³/mol. The van der Waals surface area contributed by atoms with Gasteiger partial charge in [-0.3, -0.25) is 9.78 Å². The number of amides is 1. The van der Waals surface area contributed by atoms with Crippen molar-refractivity contribution in [1.82, 2.24) is 15.1 Å². The number of methoxy groups -OCH3 is 1. The fourth-order valence-electron chi connectivity index (χ4n) is 3.03. The van der Waals surface area contributed by atoms with Gasteiger partial charge in [-0.25, -0.2) is 0 Å². The molecule has 146 valence electrons. The number of nitrogens with zero attached hydrogens (tertiary/aromatic N) is 3. The number of ether oxygens (including phenoxy) is 1. The Bertz CT molecular complexity index is 941. The number of carbonyl (C=O) groups excluding carboxylic acids is 1. The van der Waals surface area contributed by atoms with Crippen molar-refractivity contribution in [3.8, 4) is 17.1 Å². The van der Waals surface area contributed by atoms with Crippen LogP contribution in [-0.4, -0.2) is 28.1 Å². The number of hydrogen-bond donors (Lipinski definition) is 1. The summed E-state index contributed by atoms with van der Waals surface area (Å²) in [6, 6.07) is 9.41. The van der Waals surface area contributed by atoms with Crippen molar-refractivity contribution in [2.75, 3.05) is 12.4 Å². The van der Waals surface area contributed by atoms with Gasteiger partial charge in [0.25, 0.3) is 0 Å². The molecule has 3 rings (SSSR count). The molecule has 0 unspecified atom stereocenters. The standard InChI is InChI=1S/C21H24N4O3/c1-13-12-14(2)22-15(3)20(13)23-18(26)6-5-7-19-24-21(25-28-19)16-8-10-17(27-4)11-9-16/h8-12H,5-7H2,1-4H3,(H,23,26). The predicted octanol–water partition coefficient (Wildman–Crippen LogP) is 4.03. The highest BCUT2D eigenvalue weighted by molar-refractivity contribution is 5.92. The fraction of sp³-hybridized carbons (Fsp3) is 0.333. The van der Waals surface area contributed by atoms with Crippen LogP contribution in [0.5, 0.6) is 5.75 Å². The van der Waals surface area contributed by atoms with E-state index in [-0.39, 0.29) is 5.91 Å². The van der Waals surface area contributed by atoms with Crippen molar-refractivity contribution in [3.63, 3.8) is 0 Å². The van der Waals surface area contributed by atoms with E-state index in [2.05, 4.69) is 20.4 Å². The Kier molecular flexibility index (Phi) is 6.03. The minimum atomic E-state index is -0.0493. The van der Waals surface area contributed by atoms with E-state index in [1.54, 1.807) is 7.11 Å². The number of aryl methyl sites for hydroxylation is 4. The first kappa shape index (κ1) is 19.5. The number of pyridine rings is 1. The minimum Gasteiger partial charge on any atom is -0.497 e. The molecule has 1 N–H and O–H groups in total. The largest absolute Gasteiger partial charge is 0.497 e. The van der Waals surface area contributed by atoms with E-state index >= 15 is 0 Å². The van der Waals surface area contributed by atoms with E-state index in [1.807, 2.05) is 51.1 Å². The average Bonchev–Trinajstić information content (AvgIpc) is 3.13. The zero-order valence-electron chi connectivity index (χ0n) is 16.6. The molecule has 0 aliphatic rings. The lowest BCUT2D eigenvalue weighted by atomic mass is 10.1. The van der Waals surface area contributed by atoms with Crippen LogP contribution in [0.4, 0.5) is 5.69 Å². The van der Waals surface area contributed by atoms with Crippen LogP contribution in [0.25, 0.3) is 11.4 Å². The quantitative estimate of drug-likeness (QED) is 0.666. The van der Waals surface area contributed by atoms with Gasteiger partial charge in [-0.2, -0.15) is 4.98 Å². The first-order chi connectivity index (χ1) is 13.5. The molecule has 0 spiro atoms. The van der Waals surface area contributed by atoms with Crippen LogP contribution < -0.4 is 10.1 Å². The number of rotatable bonds is 7. The number of carbonyl (C=O) groups is 1. The molecule has 2 aromatic heterocycles. The summed E-state index contributed by atoms with van der Waals surface area (Å²) in [6.07, 6.45) is 1.53. The van der Waals surface area contributed by atoms with Crippen molar-refractivity contribution in [2.45, 2.75) is 40.0 Å². The van der Waals surface area contributed by atoms with Crippen LogP contribution in [-0.2, 0) is 11.2 Å². The van der Waals surface area contributed by atoms with Crippen LogP contribution in [0.3, 0.4) is 0 Å². The van der Waals surface area contributed by atoms with Gasteiger partial charge < -0.3 is 14.6 Å². The van der Waals surface area contributed by atoms with Gasteiger partial charge in [0.1, 0.15) is 5.75 Å². The number of anilines is 1. The molecule has 0 fully saturated rings. The first-order valence-electron chi connectivity index (χ1n) is 9.18. The number of aromatic nitrogens is 3. The summed E-state index contributed by atoms with van der Waals surface area (Å²) in [4.78, 5) is 21.1. The third kappa shape index (κ3) is 4.73. The molecule has 0 saturated carbocycles. The lowest BCUT2D eigenvalue weighted by molar-refractivity contribution is -0.116. The molecule has 0 bridgehead atoms. The van der Waals surface area contributed by atoms with Crippen LogP contribution in [0.1, 0.15) is 35.7 Å². The Balaban J connectivity index is 1.52. The van der Waals surface area contributed by atoms with Gasteiger partial charge in [-0.15, -0.1) is 0 Å². The maximum atomic E-state index is 12.3. The summed E-state index contributed by atoms with van der Waals surface area (Å²) >= 11 is 0. The van der Waals surface area contributed by atoms with Gasteiger partial charge >= 0.3 is 0 Å². The van der Waals surface area contributed by atoms with Gasteiger partial charge in [0.15, 0.2) is 0 Å². The fourth-order valence-corrected chi connectivity index (χ4v) is 3.03. The third-order valence-electron chi connectivity index (χ3n) is 4.40. The molecule has 1 aromatic carbocycles. The van der Waals surface area contributed by atoms with Gasteiger partial charge in [-0.05, 0) is 63.1 Å². The van der Waals surface area contributed by atoms with Crippen molar-refractivity contribution >= 4 is 11.6 Å². The van der Waals surface area contributed by atoms with Crippen LogP contribution >= 0.6 is 0 Å². The molecular weight excluding hydrogens is 356 g/mol. The van der Waals surface area contributed by atoms with E-state index in [0.29, 0.717) is 31.0 Å². The molecule has 0 atom stereocenters. The summed E-state index contributed by atoms with van der Waals surface area (Å²) in [5.74, 6) is 1.77. The topological polar surface area (TPSA) is 90.1 Å². The van der Waals surface area contributed by atoms with Crippen molar-refractivity contribution < 1.29 is 14.1 Å². The summed E-state index contributed by atoms with van der Waals surface area (Å²) in [5, 5.41) is 6.96. The Morgan fingerprint density at radius 3 is 2.57 bits per heavy atom. The highest BCUT2D eigenvalue weighted by atomic mass is 16.5. The summed E-state index contributed by atoms with van der Waals surface area (Å²) < 4.78 is 10.4. The first-order valence-corrected chi connectivity index (χ1v) is 9.18. The van der Waals surface area contributed by atoms with Gasteiger partial charge in [0.05, 0.1) is 18.5 Å². The third-order valence-corrected chi connectivity index (χ3v) is 4.40. The molecule has 7 nitrogen and oxygen atoms in total. The van der Waals surface area contributed by atoms with E-state index in [9.17, 15) is 4.79 Å². The molecular formula is C21H24N4O3. The SMILES string of the molecule is COc1ccc(-c2noc(CCCC(=O)Nc3c(C)cc(C)nc3C)n2)cc1. The Morgan fingerprint density at radius 1 is 1.14 bits per heavy atom. The molecule has 28 heavy (non-hydrogen) atoms. The number of benzene rings is 1. The second-order valence-electron chi connectivity index (χ2n) is 6.68. The zero-order chi connectivity index (χ0) is 20.1. The second kappa shape index (κ2) is 8.65. The Morgan fingerprint density at radius 2 is 1.89 bits per heavy atom.